The van der Waals surface area contributed by atoms with Crippen LogP contribution in [0.3, 0.4) is 0 Å². The van der Waals surface area contributed by atoms with Crippen LogP contribution in [0.5, 0.6) is 0 Å². The number of aromatic nitrogens is 1. The summed E-state index contributed by atoms with van der Waals surface area (Å²) in [5, 5.41) is 1.98. The maximum Gasteiger partial charge on any atom is 0.267 e. The van der Waals surface area contributed by atoms with Gasteiger partial charge in [-0.15, -0.1) is 0 Å². The fraction of sp³-hybridized carbons (Fsp3) is 0.273. The summed E-state index contributed by atoms with van der Waals surface area (Å²) >= 11 is 1.53. The number of thioether (sulfide) groups is 1. The van der Waals surface area contributed by atoms with Crippen molar-refractivity contribution in [2.75, 3.05) is 0 Å². The van der Waals surface area contributed by atoms with E-state index in [-0.39, 0.29) is 11.9 Å². The minimum atomic E-state index is 0.0921. The molecule has 4 nitrogen and oxygen atoms in total. The number of aryl methyl sites for hydroxylation is 1. The van der Waals surface area contributed by atoms with Gasteiger partial charge in [-0.05, 0) is 60.4 Å². The van der Waals surface area contributed by atoms with E-state index in [9.17, 15) is 4.79 Å². The molecule has 0 radical (unpaired) electrons. The molecule has 2 fully saturated rings. The molecule has 0 bridgehead atoms. The summed E-state index contributed by atoms with van der Waals surface area (Å²) < 4.78 is 2.28. The standard InChI is InChI=1S/C33H33N3OS/c1-2-25-15-9-11-19-29(25)34-33-36(27-16-7-4-8-17-27)32(37)31(38-33)21-26-23-35(22-24-13-5-3-6-14-24)30-20-12-10-18-28(26)30/h3,5-6,9-15,18-21,23,27H,2,4,7-8,16-17,22H2,1H3/b31-21+,34-33?. The predicted molar refractivity (Wildman–Crippen MR) is 160 cm³/mol. The van der Waals surface area contributed by atoms with Gasteiger partial charge in [0, 0.05) is 35.2 Å². The van der Waals surface area contributed by atoms with Crippen molar-refractivity contribution >= 4 is 45.5 Å². The average Bonchev–Trinajstić information content (AvgIpc) is 3.46. The summed E-state index contributed by atoms with van der Waals surface area (Å²) in [7, 11) is 0. The lowest BCUT2D eigenvalue weighted by molar-refractivity contribution is -0.124. The van der Waals surface area contributed by atoms with E-state index in [1.54, 1.807) is 0 Å². The molecule has 1 amide bonds. The van der Waals surface area contributed by atoms with Crippen LogP contribution in [0.4, 0.5) is 5.69 Å². The topological polar surface area (TPSA) is 37.6 Å². The first-order valence-electron chi connectivity index (χ1n) is 13.7. The first-order chi connectivity index (χ1) is 18.7. The van der Waals surface area contributed by atoms with Crippen LogP contribution >= 0.6 is 11.8 Å². The van der Waals surface area contributed by atoms with Gasteiger partial charge in [-0.3, -0.25) is 9.69 Å². The number of amidine groups is 1. The number of para-hydroxylation sites is 2. The third-order valence-electron chi connectivity index (χ3n) is 7.67. The molecular formula is C33H33N3OS. The minimum absolute atomic E-state index is 0.0921. The maximum atomic E-state index is 13.9. The van der Waals surface area contributed by atoms with Crippen molar-refractivity contribution in [3.63, 3.8) is 0 Å². The summed E-state index contributed by atoms with van der Waals surface area (Å²) in [5.74, 6) is 0.0921. The molecule has 1 aliphatic heterocycles. The lowest BCUT2D eigenvalue weighted by Gasteiger charge is -2.30. The second-order valence-electron chi connectivity index (χ2n) is 10.2. The van der Waals surface area contributed by atoms with E-state index in [0.29, 0.717) is 0 Å². The second-order valence-corrected chi connectivity index (χ2v) is 11.2. The zero-order valence-electron chi connectivity index (χ0n) is 21.8. The van der Waals surface area contributed by atoms with Gasteiger partial charge < -0.3 is 4.57 Å². The normalized spacial score (nSPS) is 18.8. The van der Waals surface area contributed by atoms with Gasteiger partial charge in [-0.1, -0.05) is 92.9 Å². The molecule has 6 rings (SSSR count). The Bertz CT molecular complexity index is 1510. The Morgan fingerprint density at radius 2 is 1.66 bits per heavy atom. The number of rotatable bonds is 6. The molecule has 2 heterocycles. The van der Waals surface area contributed by atoms with E-state index in [1.165, 1.54) is 47.7 Å². The fourth-order valence-electron chi connectivity index (χ4n) is 5.69. The van der Waals surface area contributed by atoms with Crippen LogP contribution < -0.4 is 0 Å². The van der Waals surface area contributed by atoms with Crippen LogP contribution in [-0.2, 0) is 17.8 Å². The molecule has 0 atom stereocenters. The molecule has 3 aromatic carbocycles. The van der Waals surface area contributed by atoms with Crippen LogP contribution in [0.1, 0.15) is 55.7 Å². The minimum Gasteiger partial charge on any atom is -0.342 e. The lowest BCUT2D eigenvalue weighted by Crippen LogP contribution is -2.40. The van der Waals surface area contributed by atoms with E-state index < -0.39 is 0 Å². The summed E-state index contributed by atoms with van der Waals surface area (Å²) in [6, 6.07) is 27.5. The van der Waals surface area contributed by atoms with Crippen molar-refractivity contribution < 1.29 is 4.79 Å². The number of hydrogen-bond acceptors (Lipinski definition) is 3. The Labute approximate surface area is 229 Å². The van der Waals surface area contributed by atoms with Crippen LogP contribution in [0.15, 0.2) is 95.0 Å². The fourth-order valence-corrected chi connectivity index (χ4v) is 6.73. The first-order valence-corrected chi connectivity index (χ1v) is 14.5. The van der Waals surface area contributed by atoms with Gasteiger partial charge in [-0.2, -0.15) is 0 Å². The van der Waals surface area contributed by atoms with Gasteiger partial charge in [0.15, 0.2) is 5.17 Å². The summed E-state index contributed by atoms with van der Waals surface area (Å²) in [6.07, 6.45) is 10.9. The first kappa shape index (κ1) is 24.7. The third kappa shape index (κ3) is 4.95. The van der Waals surface area contributed by atoms with Gasteiger partial charge in [0.25, 0.3) is 5.91 Å². The van der Waals surface area contributed by atoms with Gasteiger partial charge >= 0.3 is 0 Å². The highest BCUT2D eigenvalue weighted by molar-refractivity contribution is 8.18. The molecule has 1 aromatic heterocycles. The molecule has 192 valence electrons. The lowest BCUT2D eigenvalue weighted by atomic mass is 9.94. The largest absolute Gasteiger partial charge is 0.342 e. The Balaban J connectivity index is 1.40. The molecule has 1 aliphatic carbocycles. The summed E-state index contributed by atoms with van der Waals surface area (Å²) in [4.78, 5) is 21.8. The maximum absolute atomic E-state index is 13.9. The highest BCUT2D eigenvalue weighted by Crippen LogP contribution is 2.40. The van der Waals surface area contributed by atoms with Gasteiger partial charge in [0.05, 0.1) is 10.6 Å². The Kier molecular flexibility index (Phi) is 7.19. The zero-order chi connectivity index (χ0) is 25.9. The number of hydrogen-bond donors (Lipinski definition) is 0. The highest BCUT2D eigenvalue weighted by atomic mass is 32.2. The molecule has 1 saturated heterocycles. The molecule has 0 spiro atoms. The Morgan fingerprint density at radius 3 is 2.47 bits per heavy atom. The van der Waals surface area contributed by atoms with E-state index in [4.69, 9.17) is 4.99 Å². The molecule has 0 unspecified atom stereocenters. The number of amides is 1. The molecule has 5 heteroatoms. The molecule has 0 N–H and O–H groups in total. The van der Waals surface area contributed by atoms with E-state index in [0.717, 1.165) is 52.5 Å². The van der Waals surface area contributed by atoms with Crippen molar-refractivity contribution in [2.24, 2.45) is 4.99 Å². The van der Waals surface area contributed by atoms with Crippen LogP contribution in [-0.4, -0.2) is 26.6 Å². The quantitative estimate of drug-likeness (QED) is 0.241. The SMILES string of the molecule is CCc1ccccc1N=C1S/C(=C/c2cn(Cc3ccccc3)c3ccccc23)C(=O)N1C1CCCCC1. The van der Waals surface area contributed by atoms with Crippen molar-refractivity contribution in [1.29, 1.82) is 0 Å². The third-order valence-corrected chi connectivity index (χ3v) is 8.65. The number of carbonyl (C=O) groups is 1. The predicted octanol–water partition coefficient (Wildman–Crippen LogP) is 8.19. The number of benzene rings is 3. The van der Waals surface area contributed by atoms with Crippen LogP contribution in [0.2, 0.25) is 0 Å². The smallest absolute Gasteiger partial charge is 0.267 e. The van der Waals surface area contributed by atoms with Gasteiger partial charge in [0.1, 0.15) is 0 Å². The molecule has 1 saturated carbocycles. The van der Waals surface area contributed by atoms with Gasteiger partial charge in [0.2, 0.25) is 0 Å². The zero-order valence-corrected chi connectivity index (χ0v) is 22.7. The number of aliphatic imine (C=N–C) groups is 1. The molecule has 2 aliphatic rings. The molecule has 38 heavy (non-hydrogen) atoms. The Hall–Kier alpha value is -3.57. The van der Waals surface area contributed by atoms with E-state index in [1.807, 2.05) is 17.0 Å². The summed E-state index contributed by atoms with van der Waals surface area (Å²) in [5.41, 5.74) is 5.68. The molecular weight excluding hydrogens is 486 g/mol. The van der Waals surface area contributed by atoms with E-state index in [2.05, 4.69) is 90.5 Å². The highest BCUT2D eigenvalue weighted by Gasteiger charge is 2.39. The van der Waals surface area contributed by atoms with Crippen molar-refractivity contribution in [2.45, 2.75) is 58.0 Å². The Morgan fingerprint density at radius 1 is 0.921 bits per heavy atom. The van der Waals surface area contributed by atoms with Crippen molar-refractivity contribution in [3.05, 3.63) is 107 Å². The van der Waals surface area contributed by atoms with Gasteiger partial charge in [-0.25, -0.2) is 4.99 Å². The number of carbonyl (C=O) groups excluding carboxylic acids is 1. The van der Waals surface area contributed by atoms with E-state index >= 15 is 0 Å². The van der Waals surface area contributed by atoms with Crippen LogP contribution in [0, 0.1) is 0 Å². The van der Waals surface area contributed by atoms with Crippen molar-refractivity contribution in [1.82, 2.24) is 9.47 Å². The average molecular weight is 520 g/mol. The van der Waals surface area contributed by atoms with Crippen molar-refractivity contribution in [3.8, 4) is 0 Å². The monoisotopic (exact) mass is 519 g/mol. The molecule has 4 aromatic rings. The van der Waals surface area contributed by atoms with Crippen LogP contribution in [0.25, 0.3) is 17.0 Å². The number of nitrogens with zero attached hydrogens (tertiary/aromatic N) is 3. The summed E-state index contributed by atoms with van der Waals surface area (Å²) in [6.45, 7) is 2.95. The second kappa shape index (κ2) is 11.0. The number of fused-ring (bicyclic) bond motifs is 1.